The molecule has 1 atom stereocenters. The zero-order chi connectivity index (χ0) is 24.7. The Morgan fingerprint density at radius 3 is 2.47 bits per heavy atom. The topological polar surface area (TPSA) is 169 Å². The molecule has 2 aromatic heterocycles. The minimum Gasteiger partial charge on any atom is -0.492 e. The van der Waals surface area contributed by atoms with Crippen molar-refractivity contribution in [1.29, 1.82) is 0 Å². The Hall–Kier alpha value is -3.74. The molecule has 3 rings (SSSR count). The number of sulfonamides is 1. The molecule has 0 spiro atoms. The van der Waals surface area contributed by atoms with Gasteiger partial charge in [0.2, 0.25) is 10.0 Å². The van der Waals surface area contributed by atoms with Crippen LogP contribution in [0.4, 0.5) is 0 Å². The molecular weight excluding hydrogens is 464 g/mol. The molecule has 0 aliphatic heterocycles. The predicted molar refractivity (Wildman–Crippen MR) is 123 cm³/mol. The van der Waals surface area contributed by atoms with Gasteiger partial charge in [0.25, 0.3) is 11.5 Å². The predicted octanol–water partition coefficient (Wildman–Crippen LogP) is 0.189. The summed E-state index contributed by atoms with van der Waals surface area (Å²) in [6, 6.07) is 11.8. The monoisotopic (exact) mass is 488 g/mol. The van der Waals surface area contributed by atoms with E-state index in [2.05, 4.69) is 5.32 Å². The minimum absolute atomic E-state index is 0.121. The van der Waals surface area contributed by atoms with Gasteiger partial charge in [-0.3, -0.25) is 18.8 Å². The molecule has 5 N–H and O–H groups in total. The number of ether oxygens (including phenoxy) is 1. The second kappa shape index (κ2) is 10.9. The van der Waals surface area contributed by atoms with Crippen molar-refractivity contribution < 1.29 is 27.9 Å². The van der Waals surface area contributed by atoms with Gasteiger partial charge in [-0.1, -0.05) is 18.2 Å². The van der Waals surface area contributed by atoms with Crippen molar-refractivity contribution in [2.75, 3.05) is 19.7 Å². The van der Waals surface area contributed by atoms with E-state index in [1.807, 2.05) is 4.72 Å². The number of carbonyl (C=O) groups is 2. The summed E-state index contributed by atoms with van der Waals surface area (Å²) >= 11 is 0. The number of carboxylic acids is 1. The number of pyridine rings is 2. The molecule has 0 aliphatic carbocycles. The Bertz CT molecular complexity index is 1340. The first-order valence-electron chi connectivity index (χ1n) is 10.3. The van der Waals surface area contributed by atoms with Gasteiger partial charge in [0, 0.05) is 12.1 Å². The van der Waals surface area contributed by atoms with Crippen LogP contribution in [0.25, 0.3) is 5.52 Å². The lowest BCUT2D eigenvalue weighted by Crippen LogP contribution is -2.48. The molecule has 12 heteroatoms. The van der Waals surface area contributed by atoms with Gasteiger partial charge in [0.1, 0.15) is 17.4 Å². The number of carboxylic acid groups (broad SMARTS) is 1. The van der Waals surface area contributed by atoms with E-state index in [1.54, 1.807) is 24.3 Å². The van der Waals surface area contributed by atoms with Crippen LogP contribution in [-0.4, -0.2) is 55.5 Å². The molecule has 0 bridgehead atoms. The van der Waals surface area contributed by atoms with E-state index in [4.69, 9.17) is 10.5 Å². The van der Waals surface area contributed by atoms with E-state index < -0.39 is 40.0 Å². The summed E-state index contributed by atoms with van der Waals surface area (Å²) in [5, 5.41) is 11.7. The minimum atomic E-state index is -4.14. The number of amides is 1. The summed E-state index contributed by atoms with van der Waals surface area (Å²) < 4.78 is 33.7. The number of hydrogen-bond acceptors (Lipinski definition) is 7. The number of hydrogen-bond donors (Lipinski definition) is 4. The first-order chi connectivity index (χ1) is 16.2. The molecule has 34 heavy (non-hydrogen) atoms. The number of nitrogens with one attached hydrogen (secondary N) is 2. The Kier molecular flexibility index (Phi) is 7.99. The highest BCUT2D eigenvalue weighted by Crippen LogP contribution is 2.13. The number of aromatic nitrogens is 1. The summed E-state index contributed by atoms with van der Waals surface area (Å²) in [6.07, 6.45) is 2.08. The molecule has 0 saturated heterocycles. The molecule has 2 heterocycles. The molecule has 1 amide bonds. The Balaban J connectivity index is 1.75. The molecule has 180 valence electrons. The average Bonchev–Trinajstić information content (AvgIpc) is 2.82. The molecule has 0 saturated carbocycles. The first-order valence-corrected chi connectivity index (χ1v) is 11.8. The highest BCUT2D eigenvalue weighted by atomic mass is 32.2. The van der Waals surface area contributed by atoms with Gasteiger partial charge in [0.05, 0.1) is 17.7 Å². The quantitative estimate of drug-likeness (QED) is 0.277. The summed E-state index contributed by atoms with van der Waals surface area (Å²) in [5.74, 6) is -1.92. The summed E-state index contributed by atoms with van der Waals surface area (Å²) in [4.78, 5) is 36.9. The Morgan fingerprint density at radius 1 is 1.09 bits per heavy atom. The SMILES string of the molecule is NCCCOc1ccc2ccc(C(=O)NCC(NS(=O)(=O)c3ccccc3)C(=O)O)c(=O)n2c1. The molecule has 0 radical (unpaired) electrons. The fourth-order valence-corrected chi connectivity index (χ4v) is 4.24. The van der Waals surface area contributed by atoms with E-state index in [0.717, 1.165) is 0 Å². The van der Waals surface area contributed by atoms with Crippen LogP contribution in [-0.2, 0) is 14.8 Å². The van der Waals surface area contributed by atoms with Gasteiger partial charge < -0.3 is 20.9 Å². The molecule has 1 aromatic carbocycles. The molecule has 0 aliphatic rings. The van der Waals surface area contributed by atoms with E-state index in [-0.39, 0.29) is 10.5 Å². The van der Waals surface area contributed by atoms with Crippen LogP contribution in [0.2, 0.25) is 0 Å². The van der Waals surface area contributed by atoms with Crippen LogP contribution >= 0.6 is 0 Å². The Morgan fingerprint density at radius 2 is 1.79 bits per heavy atom. The third-order valence-corrected chi connectivity index (χ3v) is 6.29. The highest BCUT2D eigenvalue weighted by Gasteiger charge is 2.26. The number of benzene rings is 1. The highest BCUT2D eigenvalue weighted by molar-refractivity contribution is 7.89. The van der Waals surface area contributed by atoms with Gasteiger partial charge in [-0.15, -0.1) is 0 Å². The molecule has 0 fully saturated rings. The largest absolute Gasteiger partial charge is 0.492 e. The van der Waals surface area contributed by atoms with E-state index in [0.29, 0.717) is 30.8 Å². The van der Waals surface area contributed by atoms with Gasteiger partial charge in [0.15, 0.2) is 0 Å². The van der Waals surface area contributed by atoms with Gasteiger partial charge >= 0.3 is 5.97 Å². The van der Waals surface area contributed by atoms with Crippen molar-refractivity contribution in [2.45, 2.75) is 17.4 Å². The summed E-state index contributed by atoms with van der Waals surface area (Å²) in [6.45, 7) is 0.244. The second-order valence-electron chi connectivity index (χ2n) is 7.24. The van der Waals surface area contributed by atoms with Crippen LogP contribution in [0.5, 0.6) is 5.75 Å². The van der Waals surface area contributed by atoms with Crippen molar-refractivity contribution in [3.05, 3.63) is 76.7 Å². The lowest BCUT2D eigenvalue weighted by atomic mass is 10.2. The van der Waals surface area contributed by atoms with Crippen LogP contribution in [0.1, 0.15) is 16.8 Å². The van der Waals surface area contributed by atoms with Crippen molar-refractivity contribution in [3.8, 4) is 5.75 Å². The van der Waals surface area contributed by atoms with E-state index in [1.165, 1.54) is 40.9 Å². The lowest BCUT2D eigenvalue weighted by Gasteiger charge is -2.16. The maximum Gasteiger partial charge on any atom is 0.323 e. The van der Waals surface area contributed by atoms with Crippen LogP contribution in [0.15, 0.2) is 70.5 Å². The van der Waals surface area contributed by atoms with Crippen molar-refractivity contribution in [2.24, 2.45) is 5.73 Å². The Labute approximate surface area is 195 Å². The van der Waals surface area contributed by atoms with Crippen LogP contribution in [0.3, 0.4) is 0 Å². The number of rotatable bonds is 11. The second-order valence-corrected chi connectivity index (χ2v) is 8.95. The standard InChI is InChI=1S/C22H24N4O7S/c23-11-4-12-33-16-9-7-15-8-10-18(21(28)26(15)14-16)20(27)24-13-19(22(29)30)25-34(31,32)17-5-2-1-3-6-17/h1-3,5-10,14,19,25H,4,11-13,23H2,(H,24,27)(H,29,30). The lowest BCUT2D eigenvalue weighted by molar-refractivity contribution is -0.138. The smallest absolute Gasteiger partial charge is 0.323 e. The van der Waals surface area contributed by atoms with Crippen molar-refractivity contribution in [1.82, 2.24) is 14.4 Å². The first kappa shape index (κ1) is 24.9. The number of nitrogens with two attached hydrogens (primary N) is 1. The zero-order valence-corrected chi connectivity index (χ0v) is 18.8. The number of carbonyl (C=O) groups excluding carboxylic acids is 1. The number of fused-ring (bicyclic) bond motifs is 1. The van der Waals surface area contributed by atoms with Crippen LogP contribution in [0, 0.1) is 0 Å². The van der Waals surface area contributed by atoms with Gasteiger partial charge in [-0.05, 0) is 49.4 Å². The maximum absolute atomic E-state index is 12.8. The molecular formula is C22H24N4O7S. The average molecular weight is 489 g/mol. The molecule has 1 unspecified atom stereocenters. The fraction of sp³-hybridized carbons (Fsp3) is 0.227. The zero-order valence-electron chi connectivity index (χ0n) is 18.0. The third-order valence-electron chi connectivity index (χ3n) is 4.80. The van der Waals surface area contributed by atoms with Crippen molar-refractivity contribution in [3.63, 3.8) is 0 Å². The van der Waals surface area contributed by atoms with E-state index >= 15 is 0 Å². The van der Waals surface area contributed by atoms with E-state index in [9.17, 15) is 27.9 Å². The van der Waals surface area contributed by atoms with Gasteiger partial charge in [-0.2, -0.15) is 4.72 Å². The maximum atomic E-state index is 12.8. The van der Waals surface area contributed by atoms with Crippen molar-refractivity contribution >= 4 is 27.4 Å². The summed E-state index contributed by atoms with van der Waals surface area (Å²) in [5.41, 5.74) is 5.07. The number of nitrogens with zero attached hydrogens (tertiary/aromatic N) is 1. The molecule has 3 aromatic rings. The number of aliphatic carboxylic acids is 1. The van der Waals surface area contributed by atoms with Crippen LogP contribution < -0.4 is 26.1 Å². The third kappa shape index (κ3) is 5.98. The molecule has 11 nitrogen and oxygen atoms in total. The summed E-state index contributed by atoms with van der Waals surface area (Å²) in [7, 11) is -4.14. The normalized spacial score (nSPS) is 12.3. The fourth-order valence-electron chi connectivity index (χ4n) is 3.03. The van der Waals surface area contributed by atoms with Gasteiger partial charge in [-0.25, -0.2) is 8.42 Å².